The number of hydrogen-bond donors (Lipinski definition) is 2. The number of sulfonamides is 1. The van der Waals surface area contributed by atoms with E-state index in [4.69, 9.17) is 4.74 Å². The fourth-order valence-electron chi connectivity index (χ4n) is 4.00. The molecule has 0 spiro atoms. The molecule has 1 saturated carbocycles. The van der Waals surface area contributed by atoms with Gasteiger partial charge in [-0.3, -0.25) is 4.99 Å². The average molecular weight is 443 g/mol. The third-order valence-corrected chi connectivity index (χ3v) is 9.53. The van der Waals surface area contributed by atoms with Crippen molar-refractivity contribution >= 4 is 27.3 Å². The lowest BCUT2D eigenvalue weighted by Gasteiger charge is -2.42. The Bertz CT molecular complexity index is 781. The van der Waals surface area contributed by atoms with Gasteiger partial charge < -0.3 is 15.4 Å². The Hall–Kier alpha value is -1.16. The SMILES string of the molecule is CN=C(NCc1ccc(S(=O)(=O)N2CCCCC2)s1)NCC1(CCOC)CCC1. The summed E-state index contributed by atoms with van der Waals surface area (Å²) in [5.74, 6) is 0.752. The number of piperidine rings is 1. The average Bonchev–Trinajstić information content (AvgIpc) is 3.19. The molecule has 1 aliphatic heterocycles. The number of nitrogens with zero attached hydrogens (tertiary/aromatic N) is 2. The summed E-state index contributed by atoms with van der Waals surface area (Å²) in [4.78, 5) is 5.30. The Morgan fingerprint density at radius 3 is 2.59 bits per heavy atom. The molecule has 1 saturated heterocycles. The quantitative estimate of drug-likeness (QED) is 0.454. The lowest BCUT2D eigenvalue weighted by molar-refractivity contribution is 0.0732. The van der Waals surface area contributed by atoms with Gasteiger partial charge in [-0.2, -0.15) is 4.31 Å². The van der Waals surface area contributed by atoms with Gasteiger partial charge in [0, 0.05) is 45.3 Å². The van der Waals surface area contributed by atoms with Gasteiger partial charge in [-0.1, -0.05) is 12.8 Å². The van der Waals surface area contributed by atoms with Crippen LogP contribution in [-0.2, 0) is 21.3 Å². The van der Waals surface area contributed by atoms with E-state index in [2.05, 4.69) is 15.6 Å². The summed E-state index contributed by atoms with van der Waals surface area (Å²) in [6.07, 6.45) is 7.81. The van der Waals surface area contributed by atoms with E-state index in [1.807, 2.05) is 6.07 Å². The van der Waals surface area contributed by atoms with Crippen LogP contribution < -0.4 is 10.6 Å². The van der Waals surface area contributed by atoms with E-state index in [9.17, 15) is 8.42 Å². The lowest BCUT2D eigenvalue weighted by atomic mass is 9.67. The molecule has 1 aromatic heterocycles. The van der Waals surface area contributed by atoms with Crippen molar-refractivity contribution in [2.45, 2.75) is 55.7 Å². The molecule has 0 amide bonds. The Labute approximate surface area is 179 Å². The third-order valence-electron chi connectivity index (χ3n) is 6.08. The molecule has 0 unspecified atom stereocenters. The first kappa shape index (κ1) is 22.5. The van der Waals surface area contributed by atoms with E-state index in [0.29, 0.717) is 29.3 Å². The molecule has 164 valence electrons. The summed E-state index contributed by atoms with van der Waals surface area (Å²) in [5.41, 5.74) is 0.312. The van der Waals surface area contributed by atoms with Crippen LogP contribution in [0.5, 0.6) is 0 Å². The van der Waals surface area contributed by atoms with E-state index in [0.717, 1.165) is 49.7 Å². The molecule has 1 aliphatic carbocycles. The first-order valence-electron chi connectivity index (χ1n) is 10.5. The van der Waals surface area contributed by atoms with Gasteiger partial charge in [-0.15, -0.1) is 11.3 Å². The maximum atomic E-state index is 12.8. The lowest BCUT2D eigenvalue weighted by Crippen LogP contribution is -2.46. The van der Waals surface area contributed by atoms with Crippen molar-refractivity contribution in [2.24, 2.45) is 10.4 Å². The number of thiophene rings is 1. The second-order valence-electron chi connectivity index (χ2n) is 8.06. The molecule has 2 N–H and O–H groups in total. The summed E-state index contributed by atoms with van der Waals surface area (Å²) in [5, 5.41) is 6.76. The fourth-order valence-corrected chi connectivity index (χ4v) is 6.96. The van der Waals surface area contributed by atoms with Crippen LogP contribution in [-0.4, -0.2) is 59.1 Å². The zero-order chi connectivity index (χ0) is 20.7. The minimum atomic E-state index is -3.35. The zero-order valence-corrected chi connectivity index (χ0v) is 19.2. The Morgan fingerprint density at radius 1 is 1.21 bits per heavy atom. The molecule has 9 heteroatoms. The summed E-state index contributed by atoms with van der Waals surface area (Å²) < 4.78 is 32.9. The minimum Gasteiger partial charge on any atom is -0.385 e. The highest BCUT2D eigenvalue weighted by atomic mass is 32.2. The molecular formula is C20H34N4O3S2. The summed E-state index contributed by atoms with van der Waals surface area (Å²) in [6.45, 7) is 3.50. The molecule has 29 heavy (non-hydrogen) atoms. The van der Waals surface area contributed by atoms with Crippen molar-refractivity contribution in [3.63, 3.8) is 0 Å². The summed E-state index contributed by atoms with van der Waals surface area (Å²) in [6, 6.07) is 3.63. The normalized spacial score (nSPS) is 20.3. The van der Waals surface area contributed by atoms with Gasteiger partial charge in [-0.05, 0) is 49.7 Å². The molecule has 0 radical (unpaired) electrons. The number of nitrogens with one attached hydrogen (secondary N) is 2. The van der Waals surface area contributed by atoms with Gasteiger partial charge in [0.2, 0.25) is 0 Å². The monoisotopic (exact) mass is 442 g/mol. The molecule has 2 fully saturated rings. The standard InChI is InChI=1S/C20H34N4O3S2/c1-21-19(23-16-20(9-6-10-20)11-14-27-2)22-15-17-7-8-18(28-17)29(25,26)24-12-4-3-5-13-24/h7-8H,3-6,9-16H2,1-2H3,(H2,21,22,23). The second kappa shape index (κ2) is 10.2. The predicted octanol–water partition coefficient (Wildman–Crippen LogP) is 2.79. The predicted molar refractivity (Wildman–Crippen MR) is 118 cm³/mol. The van der Waals surface area contributed by atoms with Crippen LogP contribution in [0.1, 0.15) is 49.8 Å². The van der Waals surface area contributed by atoms with Crippen molar-refractivity contribution in [2.75, 3.05) is 40.4 Å². The number of guanidine groups is 1. The van der Waals surface area contributed by atoms with Crippen LogP contribution in [0.3, 0.4) is 0 Å². The van der Waals surface area contributed by atoms with Gasteiger partial charge in [0.05, 0.1) is 6.54 Å². The molecule has 3 rings (SSSR count). The second-order valence-corrected chi connectivity index (χ2v) is 11.4. The largest absolute Gasteiger partial charge is 0.385 e. The van der Waals surface area contributed by atoms with Gasteiger partial charge in [0.1, 0.15) is 4.21 Å². The highest BCUT2D eigenvalue weighted by Crippen LogP contribution is 2.43. The van der Waals surface area contributed by atoms with E-state index < -0.39 is 10.0 Å². The van der Waals surface area contributed by atoms with Crippen LogP contribution in [0, 0.1) is 5.41 Å². The molecule has 2 aliphatic rings. The van der Waals surface area contributed by atoms with Crippen LogP contribution >= 0.6 is 11.3 Å². The molecule has 2 heterocycles. The van der Waals surface area contributed by atoms with Gasteiger partial charge in [0.25, 0.3) is 10.0 Å². The molecule has 7 nitrogen and oxygen atoms in total. The number of rotatable bonds is 9. The summed E-state index contributed by atoms with van der Waals surface area (Å²) in [7, 11) is 0.160. The molecule has 0 bridgehead atoms. The molecule has 0 aromatic carbocycles. The summed E-state index contributed by atoms with van der Waals surface area (Å²) >= 11 is 1.34. The fraction of sp³-hybridized carbons (Fsp3) is 0.750. The van der Waals surface area contributed by atoms with Crippen molar-refractivity contribution in [1.82, 2.24) is 14.9 Å². The van der Waals surface area contributed by atoms with Crippen molar-refractivity contribution in [3.05, 3.63) is 17.0 Å². The van der Waals surface area contributed by atoms with Crippen molar-refractivity contribution in [3.8, 4) is 0 Å². The number of methoxy groups -OCH3 is 1. The number of ether oxygens (including phenoxy) is 1. The van der Waals surface area contributed by atoms with E-state index in [1.54, 1.807) is 24.5 Å². The highest BCUT2D eigenvalue weighted by molar-refractivity contribution is 7.91. The van der Waals surface area contributed by atoms with Crippen LogP contribution in [0.2, 0.25) is 0 Å². The van der Waals surface area contributed by atoms with Gasteiger partial charge in [0.15, 0.2) is 5.96 Å². The van der Waals surface area contributed by atoms with Crippen LogP contribution in [0.4, 0.5) is 0 Å². The Morgan fingerprint density at radius 2 is 1.97 bits per heavy atom. The van der Waals surface area contributed by atoms with Crippen molar-refractivity contribution < 1.29 is 13.2 Å². The number of aliphatic imine (C=N–C) groups is 1. The van der Waals surface area contributed by atoms with Crippen LogP contribution in [0.15, 0.2) is 21.3 Å². The molecular weight excluding hydrogens is 408 g/mol. The van der Waals surface area contributed by atoms with E-state index in [-0.39, 0.29) is 0 Å². The maximum Gasteiger partial charge on any atom is 0.252 e. The third kappa shape index (κ3) is 5.71. The van der Waals surface area contributed by atoms with Gasteiger partial charge >= 0.3 is 0 Å². The zero-order valence-electron chi connectivity index (χ0n) is 17.6. The topological polar surface area (TPSA) is 83.0 Å². The maximum absolute atomic E-state index is 12.8. The van der Waals surface area contributed by atoms with E-state index >= 15 is 0 Å². The Balaban J connectivity index is 1.51. The first-order chi connectivity index (χ1) is 14.0. The Kier molecular flexibility index (Phi) is 7.95. The van der Waals surface area contributed by atoms with Crippen LogP contribution in [0.25, 0.3) is 0 Å². The first-order valence-corrected chi connectivity index (χ1v) is 12.8. The number of hydrogen-bond acceptors (Lipinski definition) is 5. The highest BCUT2D eigenvalue weighted by Gasteiger charge is 2.36. The van der Waals surface area contributed by atoms with E-state index in [1.165, 1.54) is 30.6 Å². The smallest absolute Gasteiger partial charge is 0.252 e. The molecule has 0 atom stereocenters. The molecule has 1 aromatic rings. The van der Waals surface area contributed by atoms with Crippen molar-refractivity contribution in [1.29, 1.82) is 0 Å². The van der Waals surface area contributed by atoms with Gasteiger partial charge in [-0.25, -0.2) is 8.42 Å². The minimum absolute atomic E-state index is 0.312.